The maximum absolute atomic E-state index is 12.8. The highest BCUT2D eigenvalue weighted by atomic mass is 32.2. The Morgan fingerprint density at radius 1 is 1.16 bits per heavy atom. The van der Waals surface area contributed by atoms with Gasteiger partial charge in [0.15, 0.2) is 0 Å². The number of benzene rings is 2. The lowest BCUT2D eigenvalue weighted by atomic mass is 10.2. The van der Waals surface area contributed by atoms with Crippen molar-refractivity contribution in [2.75, 3.05) is 23.0 Å². The molecule has 4 rings (SSSR count). The van der Waals surface area contributed by atoms with E-state index in [9.17, 15) is 4.79 Å². The Bertz CT molecular complexity index is 945. The van der Waals surface area contributed by atoms with Crippen molar-refractivity contribution in [1.82, 2.24) is 9.97 Å². The fourth-order valence-electron chi connectivity index (χ4n) is 2.91. The predicted octanol–water partition coefficient (Wildman–Crippen LogP) is 4.17. The third-order valence-corrected chi connectivity index (χ3v) is 6.06. The van der Waals surface area contributed by atoms with Crippen molar-refractivity contribution < 1.29 is 4.79 Å². The Balaban J connectivity index is 1.56. The summed E-state index contributed by atoms with van der Waals surface area (Å²) in [6.07, 6.45) is 0. The van der Waals surface area contributed by atoms with Crippen LogP contribution in [0.1, 0.15) is 5.82 Å². The summed E-state index contributed by atoms with van der Waals surface area (Å²) in [5.74, 6) is 2.16. The van der Waals surface area contributed by atoms with Gasteiger partial charge in [0.05, 0.1) is 17.0 Å². The first-order valence-electron chi connectivity index (χ1n) is 8.11. The average molecular weight is 367 g/mol. The second kappa shape index (κ2) is 7.06. The van der Waals surface area contributed by atoms with Gasteiger partial charge in [-0.2, -0.15) is 0 Å². The fraction of sp³-hybridized carbons (Fsp3) is 0.211. The first-order valence-corrected chi connectivity index (χ1v) is 10.1. The van der Waals surface area contributed by atoms with E-state index in [0.29, 0.717) is 5.75 Å². The van der Waals surface area contributed by atoms with Crippen molar-refractivity contribution in [3.8, 4) is 0 Å². The number of fused-ring (bicyclic) bond motifs is 2. The lowest BCUT2D eigenvalue weighted by Gasteiger charge is -2.28. The molecule has 1 aliphatic heterocycles. The molecule has 4 nitrogen and oxygen atoms in total. The Morgan fingerprint density at radius 2 is 1.96 bits per heavy atom. The first kappa shape index (κ1) is 16.4. The van der Waals surface area contributed by atoms with Crippen molar-refractivity contribution in [2.45, 2.75) is 16.8 Å². The molecule has 0 atom stereocenters. The van der Waals surface area contributed by atoms with Gasteiger partial charge in [0.1, 0.15) is 10.9 Å². The molecule has 0 saturated carbocycles. The molecule has 25 heavy (non-hydrogen) atoms. The number of amides is 1. The fourth-order valence-corrected chi connectivity index (χ4v) is 4.84. The van der Waals surface area contributed by atoms with Gasteiger partial charge >= 0.3 is 0 Å². The van der Waals surface area contributed by atoms with Crippen LogP contribution in [0.15, 0.2) is 58.5 Å². The smallest absolute Gasteiger partial charge is 0.237 e. The first-order chi connectivity index (χ1) is 12.2. The van der Waals surface area contributed by atoms with E-state index in [1.165, 1.54) is 16.7 Å². The van der Waals surface area contributed by atoms with E-state index in [2.05, 4.69) is 16.0 Å². The normalized spacial score (nSPS) is 13.7. The zero-order chi connectivity index (χ0) is 17.2. The topological polar surface area (TPSA) is 46.1 Å². The molecule has 3 aromatic rings. The van der Waals surface area contributed by atoms with Crippen LogP contribution in [0, 0.1) is 6.92 Å². The summed E-state index contributed by atoms with van der Waals surface area (Å²) in [7, 11) is 0. The third-order valence-electron chi connectivity index (χ3n) is 4.04. The summed E-state index contributed by atoms with van der Waals surface area (Å²) in [4.78, 5) is 24.9. The molecule has 0 spiro atoms. The van der Waals surface area contributed by atoms with E-state index in [0.717, 1.165) is 39.7 Å². The number of hydrogen-bond donors (Lipinski definition) is 0. The predicted molar refractivity (Wildman–Crippen MR) is 105 cm³/mol. The standard InChI is InChI=1S/C19H17N3OS2/c1-13-20-15-7-3-2-6-14(15)19(21-13)25-12-18(23)22-10-11-24-17-9-5-4-8-16(17)22/h2-9H,10-12H2,1H3. The summed E-state index contributed by atoms with van der Waals surface area (Å²) in [6, 6.07) is 16.0. The summed E-state index contributed by atoms with van der Waals surface area (Å²) < 4.78 is 0. The SMILES string of the molecule is Cc1nc(SCC(=O)N2CCSc3ccccc32)c2ccccc2n1. The highest BCUT2D eigenvalue weighted by Crippen LogP contribution is 2.35. The van der Waals surface area contributed by atoms with Gasteiger partial charge in [-0.25, -0.2) is 9.97 Å². The van der Waals surface area contributed by atoms with Crippen LogP contribution >= 0.6 is 23.5 Å². The third kappa shape index (κ3) is 3.37. The van der Waals surface area contributed by atoms with Crippen LogP contribution in [0.5, 0.6) is 0 Å². The van der Waals surface area contributed by atoms with E-state index < -0.39 is 0 Å². The zero-order valence-corrected chi connectivity index (χ0v) is 15.4. The maximum Gasteiger partial charge on any atom is 0.237 e. The molecule has 0 radical (unpaired) electrons. The number of aryl methyl sites for hydroxylation is 1. The van der Waals surface area contributed by atoms with Gasteiger partial charge in [-0.05, 0) is 25.1 Å². The second-order valence-electron chi connectivity index (χ2n) is 5.74. The minimum absolute atomic E-state index is 0.123. The number of thioether (sulfide) groups is 2. The number of aromatic nitrogens is 2. The van der Waals surface area contributed by atoms with E-state index in [1.54, 1.807) is 11.8 Å². The molecule has 0 fully saturated rings. The molecule has 126 valence electrons. The lowest BCUT2D eigenvalue weighted by molar-refractivity contribution is -0.116. The molecular weight excluding hydrogens is 350 g/mol. The van der Waals surface area contributed by atoms with E-state index in [4.69, 9.17) is 0 Å². The van der Waals surface area contributed by atoms with Gasteiger partial charge in [0.25, 0.3) is 0 Å². The molecule has 6 heteroatoms. The van der Waals surface area contributed by atoms with E-state index in [1.807, 2.05) is 54.3 Å². The number of carbonyl (C=O) groups excluding carboxylic acids is 1. The van der Waals surface area contributed by atoms with Crippen molar-refractivity contribution in [3.05, 3.63) is 54.4 Å². The molecule has 0 aliphatic carbocycles. The van der Waals surface area contributed by atoms with Crippen molar-refractivity contribution >= 4 is 46.0 Å². The summed E-state index contributed by atoms with van der Waals surface area (Å²) in [5, 5.41) is 1.87. The number of anilines is 1. The van der Waals surface area contributed by atoms with Crippen LogP contribution < -0.4 is 4.90 Å². The quantitative estimate of drug-likeness (QED) is 0.514. The van der Waals surface area contributed by atoms with Crippen LogP contribution in [0.25, 0.3) is 10.9 Å². The molecule has 0 N–H and O–H groups in total. The second-order valence-corrected chi connectivity index (χ2v) is 7.84. The van der Waals surface area contributed by atoms with E-state index in [-0.39, 0.29) is 5.91 Å². The highest BCUT2D eigenvalue weighted by Gasteiger charge is 2.23. The molecule has 2 aromatic carbocycles. The van der Waals surface area contributed by atoms with Gasteiger partial charge in [0.2, 0.25) is 5.91 Å². The van der Waals surface area contributed by atoms with Gasteiger partial charge in [0, 0.05) is 22.6 Å². The number of para-hydroxylation sites is 2. The zero-order valence-electron chi connectivity index (χ0n) is 13.8. The minimum Gasteiger partial charge on any atom is -0.310 e. The van der Waals surface area contributed by atoms with Crippen LogP contribution in [0.2, 0.25) is 0 Å². The van der Waals surface area contributed by atoms with Gasteiger partial charge in [-0.3, -0.25) is 4.79 Å². The summed E-state index contributed by atoms with van der Waals surface area (Å²) in [6.45, 7) is 2.64. The monoisotopic (exact) mass is 367 g/mol. The lowest BCUT2D eigenvalue weighted by Crippen LogP contribution is -2.36. The molecule has 1 amide bonds. The maximum atomic E-state index is 12.8. The Hall–Kier alpha value is -2.05. The van der Waals surface area contributed by atoms with Crippen LogP contribution in [-0.4, -0.2) is 33.9 Å². The Morgan fingerprint density at radius 3 is 2.88 bits per heavy atom. The molecule has 1 aliphatic rings. The Kier molecular flexibility index (Phi) is 4.63. The highest BCUT2D eigenvalue weighted by molar-refractivity contribution is 8.00. The summed E-state index contributed by atoms with van der Waals surface area (Å²) >= 11 is 3.30. The number of carbonyl (C=O) groups is 1. The van der Waals surface area contributed by atoms with Gasteiger partial charge in [-0.15, -0.1) is 11.8 Å². The van der Waals surface area contributed by atoms with Crippen molar-refractivity contribution in [3.63, 3.8) is 0 Å². The number of nitrogens with zero attached hydrogens (tertiary/aromatic N) is 3. The Labute approximate surface area is 155 Å². The average Bonchev–Trinajstić information content (AvgIpc) is 2.65. The minimum atomic E-state index is 0.123. The number of rotatable bonds is 3. The largest absolute Gasteiger partial charge is 0.310 e. The van der Waals surface area contributed by atoms with Gasteiger partial charge in [-0.1, -0.05) is 42.1 Å². The molecule has 0 saturated heterocycles. The van der Waals surface area contributed by atoms with Gasteiger partial charge < -0.3 is 4.90 Å². The van der Waals surface area contributed by atoms with Crippen LogP contribution in [-0.2, 0) is 4.79 Å². The van der Waals surface area contributed by atoms with Crippen molar-refractivity contribution in [1.29, 1.82) is 0 Å². The number of hydrogen-bond acceptors (Lipinski definition) is 5. The van der Waals surface area contributed by atoms with Crippen molar-refractivity contribution in [2.24, 2.45) is 0 Å². The molecule has 2 heterocycles. The molecular formula is C19H17N3OS2. The summed E-state index contributed by atoms with van der Waals surface area (Å²) in [5.41, 5.74) is 1.94. The van der Waals surface area contributed by atoms with Crippen LogP contribution in [0.4, 0.5) is 5.69 Å². The van der Waals surface area contributed by atoms with E-state index >= 15 is 0 Å². The molecule has 1 aromatic heterocycles. The molecule has 0 unspecified atom stereocenters. The van der Waals surface area contributed by atoms with Crippen LogP contribution in [0.3, 0.4) is 0 Å². The molecule has 0 bridgehead atoms.